The predicted octanol–water partition coefficient (Wildman–Crippen LogP) is 2.27. The molecule has 0 unspecified atom stereocenters. The van der Waals surface area contributed by atoms with Crippen LogP contribution in [-0.2, 0) is 11.3 Å². The first-order valence-corrected chi connectivity index (χ1v) is 6.55. The minimum absolute atomic E-state index is 0. The second-order valence-corrected chi connectivity index (χ2v) is 4.99. The molecule has 0 amide bonds. The van der Waals surface area contributed by atoms with Crippen molar-refractivity contribution in [2.45, 2.75) is 46.2 Å². The standard InChI is InChI=1S/C13H21N3O2.ClH/c1-5-18-13(17)11-10-7-14-6-9(4)16(10)12(15-11)8(2)3;/h8-9,14H,5-7H2,1-4H3;1H/t9-;/m1./s1. The maximum absolute atomic E-state index is 11.9. The van der Waals surface area contributed by atoms with Gasteiger partial charge in [-0.2, -0.15) is 0 Å². The molecule has 0 spiro atoms. The lowest BCUT2D eigenvalue weighted by molar-refractivity contribution is 0.0518. The van der Waals surface area contributed by atoms with Crippen LogP contribution in [0.3, 0.4) is 0 Å². The minimum Gasteiger partial charge on any atom is -0.461 e. The summed E-state index contributed by atoms with van der Waals surface area (Å²) >= 11 is 0. The molecule has 0 fully saturated rings. The van der Waals surface area contributed by atoms with Gasteiger partial charge >= 0.3 is 5.97 Å². The Kier molecular flexibility index (Phi) is 5.38. The number of rotatable bonds is 3. The molecule has 1 N–H and O–H groups in total. The van der Waals surface area contributed by atoms with Crippen LogP contribution < -0.4 is 5.32 Å². The zero-order valence-corrected chi connectivity index (χ0v) is 12.7. The van der Waals surface area contributed by atoms with Crippen LogP contribution >= 0.6 is 12.4 Å². The topological polar surface area (TPSA) is 56.1 Å². The molecule has 0 aliphatic carbocycles. The highest BCUT2D eigenvalue weighted by molar-refractivity contribution is 5.88. The molecule has 0 saturated heterocycles. The van der Waals surface area contributed by atoms with Gasteiger partial charge in [0.1, 0.15) is 5.82 Å². The van der Waals surface area contributed by atoms with Crippen molar-refractivity contribution in [3.63, 3.8) is 0 Å². The Morgan fingerprint density at radius 2 is 2.26 bits per heavy atom. The third-order valence-electron chi connectivity index (χ3n) is 3.20. The summed E-state index contributed by atoms with van der Waals surface area (Å²) in [6, 6.07) is 0.321. The molecule has 2 rings (SSSR count). The average molecular weight is 288 g/mol. The molecule has 1 aromatic heterocycles. The van der Waals surface area contributed by atoms with Crippen LogP contribution in [0.4, 0.5) is 0 Å². The molecule has 19 heavy (non-hydrogen) atoms. The van der Waals surface area contributed by atoms with Crippen LogP contribution in [0.2, 0.25) is 0 Å². The van der Waals surface area contributed by atoms with Crippen LogP contribution in [0.1, 0.15) is 61.7 Å². The highest BCUT2D eigenvalue weighted by atomic mass is 35.5. The van der Waals surface area contributed by atoms with Crippen molar-refractivity contribution in [3.8, 4) is 0 Å². The molecule has 5 nitrogen and oxygen atoms in total. The molecule has 6 heteroatoms. The second kappa shape index (κ2) is 6.39. The molecule has 0 saturated carbocycles. The van der Waals surface area contributed by atoms with E-state index in [1.54, 1.807) is 0 Å². The monoisotopic (exact) mass is 287 g/mol. The van der Waals surface area contributed by atoms with E-state index in [9.17, 15) is 4.79 Å². The van der Waals surface area contributed by atoms with E-state index in [0.717, 1.165) is 18.1 Å². The smallest absolute Gasteiger partial charge is 0.358 e. The Morgan fingerprint density at radius 1 is 1.58 bits per heavy atom. The first-order chi connectivity index (χ1) is 8.56. The van der Waals surface area contributed by atoms with Crippen LogP contribution in [0.25, 0.3) is 0 Å². The van der Waals surface area contributed by atoms with Crippen molar-refractivity contribution in [1.29, 1.82) is 0 Å². The van der Waals surface area contributed by atoms with Gasteiger partial charge in [-0.25, -0.2) is 9.78 Å². The first kappa shape index (κ1) is 16.0. The third kappa shape index (κ3) is 2.92. The van der Waals surface area contributed by atoms with Crippen molar-refractivity contribution in [1.82, 2.24) is 14.9 Å². The summed E-state index contributed by atoms with van der Waals surface area (Å²) in [6.07, 6.45) is 0. The zero-order valence-electron chi connectivity index (χ0n) is 11.9. The molecule has 1 aliphatic rings. The number of halogens is 1. The predicted molar refractivity (Wildman–Crippen MR) is 75.9 cm³/mol. The highest BCUT2D eigenvalue weighted by Crippen LogP contribution is 2.26. The Bertz CT molecular complexity index is 457. The Labute approximate surface area is 120 Å². The van der Waals surface area contributed by atoms with Crippen molar-refractivity contribution >= 4 is 18.4 Å². The van der Waals surface area contributed by atoms with E-state index in [4.69, 9.17) is 4.74 Å². The van der Waals surface area contributed by atoms with Gasteiger partial charge in [0.15, 0.2) is 5.69 Å². The van der Waals surface area contributed by atoms with Crippen LogP contribution in [0.5, 0.6) is 0 Å². The number of ether oxygens (including phenoxy) is 1. The van der Waals surface area contributed by atoms with E-state index < -0.39 is 0 Å². The maximum Gasteiger partial charge on any atom is 0.358 e. The number of carbonyl (C=O) groups is 1. The normalized spacial score (nSPS) is 17.8. The van der Waals surface area contributed by atoms with Gasteiger partial charge in [-0.05, 0) is 13.8 Å². The summed E-state index contributed by atoms with van der Waals surface area (Å²) in [5.74, 6) is 0.957. The minimum atomic E-state index is -0.316. The van der Waals surface area contributed by atoms with Gasteiger partial charge in [0.25, 0.3) is 0 Å². The van der Waals surface area contributed by atoms with E-state index in [1.165, 1.54) is 0 Å². The van der Waals surface area contributed by atoms with Crippen molar-refractivity contribution in [2.24, 2.45) is 0 Å². The molecular formula is C13H22ClN3O2. The summed E-state index contributed by atoms with van der Waals surface area (Å²) in [4.78, 5) is 16.4. The van der Waals surface area contributed by atoms with E-state index >= 15 is 0 Å². The number of hydrogen-bond acceptors (Lipinski definition) is 4. The number of nitrogens with zero attached hydrogens (tertiary/aromatic N) is 2. The van der Waals surface area contributed by atoms with Crippen LogP contribution in [0, 0.1) is 0 Å². The highest BCUT2D eigenvalue weighted by Gasteiger charge is 2.28. The Morgan fingerprint density at radius 3 is 2.84 bits per heavy atom. The molecule has 1 aromatic rings. The van der Waals surface area contributed by atoms with Crippen molar-refractivity contribution < 1.29 is 9.53 Å². The van der Waals surface area contributed by atoms with Gasteiger partial charge in [0, 0.05) is 25.0 Å². The number of hydrogen-bond donors (Lipinski definition) is 1. The first-order valence-electron chi connectivity index (χ1n) is 6.55. The van der Waals surface area contributed by atoms with Crippen LogP contribution in [-0.4, -0.2) is 28.7 Å². The zero-order chi connectivity index (χ0) is 13.3. The SMILES string of the molecule is CCOC(=O)c1nc(C(C)C)n2c1CNC[C@H]2C.Cl. The van der Waals surface area contributed by atoms with E-state index in [1.807, 2.05) is 6.92 Å². The lowest BCUT2D eigenvalue weighted by Gasteiger charge is -2.26. The van der Waals surface area contributed by atoms with Gasteiger partial charge < -0.3 is 14.6 Å². The fourth-order valence-electron chi connectivity index (χ4n) is 2.41. The Balaban J connectivity index is 0.00000180. The molecule has 0 radical (unpaired) electrons. The molecule has 1 aliphatic heterocycles. The number of esters is 1. The summed E-state index contributed by atoms with van der Waals surface area (Å²) < 4.78 is 7.27. The molecule has 1 atom stereocenters. The molecule has 0 bridgehead atoms. The van der Waals surface area contributed by atoms with E-state index in [0.29, 0.717) is 30.8 Å². The number of carbonyl (C=O) groups excluding carboxylic acids is 1. The summed E-state index contributed by atoms with van der Waals surface area (Å²) in [5.41, 5.74) is 1.43. The number of imidazole rings is 1. The Hall–Kier alpha value is -1.07. The largest absolute Gasteiger partial charge is 0.461 e. The molecule has 2 heterocycles. The van der Waals surface area contributed by atoms with E-state index in [2.05, 4.69) is 35.6 Å². The van der Waals surface area contributed by atoms with E-state index in [-0.39, 0.29) is 18.4 Å². The van der Waals surface area contributed by atoms with Crippen molar-refractivity contribution in [3.05, 3.63) is 17.2 Å². The van der Waals surface area contributed by atoms with Gasteiger partial charge in [-0.15, -0.1) is 12.4 Å². The summed E-state index contributed by atoms with van der Waals surface area (Å²) in [5, 5.41) is 3.31. The van der Waals surface area contributed by atoms with Gasteiger partial charge in [-0.1, -0.05) is 13.8 Å². The van der Waals surface area contributed by atoms with Gasteiger partial charge in [0.05, 0.1) is 12.3 Å². The maximum atomic E-state index is 11.9. The van der Waals surface area contributed by atoms with Gasteiger partial charge in [0.2, 0.25) is 0 Å². The summed E-state index contributed by atoms with van der Waals surface area (Å²) in [7, 11) is 0. The lowest BCUT2D eigenvalue weighted by atomic mass is 10.1. The fourth-order valence-corrected chi connectivity index (χ4v) is 2.41. The second-order valence-electron chi connectivity index (χ2n) is 4.99. The van der Waals surface area contributed by atoms with Crippen molar-refractivity contribution in [2.75, 3.05) is 13.2 Å². The van der Waals surface area contributed by atoms with Gasteiger partial charge in [-0.3, -0.25) is 0 Å². The quantitative estimate of drug-likeness (QED) is 0.867. The van der Waals surface area contributed by atoms with Crippen LogP contribution in [0.15, 0.2) is 0 Å². The number of fused-ring (bicyclic) bond motifs is 1. The third-order valence-corrected chi connectivity index (χ3v) is 3.20. The fraction of sp³-hybridized carbons (Fsp3) is 0.692. The molecular weight excluding hydrogens is 266 g/mol. The average Bonchev–Trinajstić information content (AvgIpc) is 2.70. The number of aromatic nitrogens is 2. The number of nitrogens with one attached hydrogen (secondary N) is 1. The summed E-state index contributed by atoms with van der Waals surface area (Å²) in [6.45, 7) is 10.1. The molecule has 108 valence electrons. The lowest BCUT2D eigenvalue weighted by Crippen LogP contribution is -2.33. The molecule has 0 aromatic carbocycles.